The molecule has 8 nitrogen and oxygen atoms in total. The Hall–Kier alpha value is -4.46. The molecule has 3 aromatic carbocycles. The van der Waals surface area contributed by atoms with Crippen molar-refractivity contribution in [1.29, 1.82) is 0 Å². The number of hydrogen-bond donors (Lipinski definition) is 2. The van der Waals surface area contributed by atoms with Crippen LogP contribution in [0.2, 0.25) is 0 Å². The van der Waals surface area contributed by atoms with Gasteiger partial charge in [0.05, 0.1) is 19.9 Å². The van der Waals surface area contributed by atoms with Crippen molar-refractivity contribution in [1.82, 2.24) is 10.3 Å². The summed E-state index contributed by atoms with van der Waals surface area (Å²) in [7, 11) is 4.88. The molecule has 2 heterocycles. The number of hydrogen-bond acceptors (Lipinski definition) is 5. The highest BCUT2D eigenvalue weighted by molar-refractivity contribution is 6.06. The number of ether oxygens (including phenoxy) is 3. The summed E-state index contributed by atoms with van der Waals surface area (Å²) in [5, 5.41) is 3.69. The van der Waals surface area contributed by atoms with Gasteiger partial charge >= 0.3 is 0 Å². The SMILES string of the molecule is COc1ccc(-c2c[nH]c3ccc(C(=O)N[C@H]4COc5ccccc5N(C)C4=O)cc23)c(OC)c1. The van der Waals surface area contributed by atoms with Crippen molar-refractivity contribution >= 4 is 28.4 Å². The number of methoxy groups -OCH3 is 2. The highest BCUT2D eigenvalue weighted by Crippen LogP contribution is 2.37. The third kappa shape index (κ3) is 4.03. The van der Waals surface area contributed by atoms with E-state index in [1.807, 2.05) is 48.7 Å². The highest BCUT2D eigenvalue weighted by Gasteiger charge is 2.30. The topological polar surface area (TPSA) is 92.9 Å². The molecule has 1 aliphatic heterocycles. The van der Waals surface area contributed by atoms with E-state index in [9.17, 15) is 9.59 Å². The van der Waals surface area contributed by atoms with Crippen LogP contribution in [0.1, 0.15) is 10.4 Å². The summed E-state index contributed by atoms with van der Waals surface area (Å²) < 4.78 is 16.7. The molecule has 0 bridgehead atoms. The molecular formula is C27H25N3O5. The Bertz CT molecular complexity index is 1430. The monoisotopic (exact) mass is 471 g/mol. The second kappa shape index (κ2) is 9.06. The average Bonchev–Trinajstić information content (AvgIpc) is 3.28. The van der Waals surface area contributed by atoms with Crippen LogP contribution in [0.3, 0.4) is 0 Å². The van der Waals surface area contributed by atoms with E-state index >= 15 is 0 Å². The van der Waals surface area contributed by atoms with Crippen molar-refractivity contribution in [2.24, 2.45) is 0 Å². The Morgan fingerprint density at radius 3 is 2.69 bits per heavy atom. The molecular weight excluding hydrogens is 446 g/mol. The Morgan fingerprint density at radius 2 is 1.89 bits per heavy atom. The minimum Gasteiger partial charge on any atom is -0.497 e. The second-order valence-electron chi connectivity index (χ2n) is 8.23. The summed E-state index contributed by atoms with van der Waals surface area (Å²) in [5.74, 6) is 1.35. The number of carbonyl (C=O) groups excluding carboxylic acids is 2. The van der Waals surface area contributed by atoms with Gasteiger partial charge in [-0.25, -0.2) is 0 Å². The minimum atomic E-state index is -0.817. The number of likely N-dealkylation sites (N-methyl/N-ethyl adjacent to an activating group) is 1. The summed E-state index contributed by atoms with van der Waals surface area (Å²) >= 11 is 0. The second-order valence-corrected chi connectivity index (χ2v) is 8.23. The van der Waals surface area contributed by atoms with Crippen molar-refractivity contribution in [3.05, 3.63) is 72.4 Å². The van der Waals surface area contributed by atoms with Gasteiger partial charge in [0.25, 0.3) is 11.8 Å². The molecule has 0 radical (unpaired) electrons. The first kappa shape index (κ1) is 22.3. The van der Waals surface area contributed by atoms with Gasteiger partial charge in [0.2, 0.25) is 0 Å². The molecule has 8 heteroatoms. The van der Waals surface area contributed by atoms with E-state index in [1.165, 1.54) is 4.90 Å². The van der Waals surface area contributed by atoms with Crippen molar-refractivity contribution in [3.8, 4) is 28.4 Å². The van der Waals surface area contributed by atoms with Crippen molar-refractivity contribution < 1.29 is 23.8 Å². The van der Waals surface area contributed by atoms with E-state index in [1.54, 1.807) is 39.5 Å². The number of fused-ring (bicyclic) bond motifs is 2. The fourth-order valence-electron chi connectivity index (χ4n) is 4.30. The predicted octanol–water partition coefficient (Wildman–Crippen LogP) is 4.01. The lowest BCUT2D eigenvalue weighted by molar-refractivity contribution is -0.120. The van der Waals surface area contributed by atoms with Gasteiger partial charge in [0.15, 0.2) is 0 Å². The van der Waals surface area contributed by atoms with Gasteiger partial charge in [-0.2, -0.15) is 0 Å². The molecule has 4 aromatic rings. The standard InChI is InChI=1S/C27H25N3O5/c1-30-23-6-4-5-7-24(23)35-15-22(27(30)32)29-26(31)16-8-11-21-19(12-16)20(14-28-21)18-10-9-17(33-2)13-25(18)34-3/h4-14,22,28H,15H2,1-3H3,(H,29,31)/t22-/m0/s1. The predicted molar refractivity (Wildman–Crippen MR) is 133 cm³/mol. The zero-order valence-corrected chi connectivity index (χ0v) is 19.6. The van der Waals surface area contributed by atoms with E-state index in [4.69, 9.17) is 14.2 Å². The summed E-state index contributed by atoms with van der Waals surface area (Å²) in [6, 6.07) is 17.5. The Labute approximate surface area is 202 Å². The number of nitrogens with zero attached hydrogens (tertiary/aromatic N) is 1. The van der Waals surface area contributed by atoms with Gasteiger partial charge in [0.1, 0.15) is 29.9 Å². The summed E-state index contributed by atoms with van der Waals surface area (Å²) in [6.45, 7) is 0.0482. The van der Waals surface area contributed by atoms with Crippen LogP contribution in [0, 0.1) is 0 Å². The van der Waals surface area contributed by atoms with Crippen LogP contribution >= 0.6 is 0 Å². The average molecular weight is 472 g/mol. The summed E-state index contributed by atoms with van der Waals surface area (Å²) in [5.41, 5.74) is 3.73. The van der Waals surface area contributed by atoms with Crippen LogP contribution in [-0.4, -0.2) is 50.7 Å². The Balaban J connectivity index is 1.43. The van der Waals surface area contributed by atoms with Gasteiger partial charge < -0.3 is 29.4 Å². The number of amides is 2. The van der Waals surface area contributed by atoms with Gasteiger partial charge in [0, 0.05) is 46.9 Å². The molecule has 1 atom stereocenters. The van der Waals surface area contributed by atoms with Gasteiger partial charge in [-0.15, -0.1) is 0 Å². The molecule has 0 aliphatic carbocycles. The molecule has 0 spiro atoms. The van der Waals surface area contributed by atoms with E-state index in [0.717, 1.165) is 22.0 Å². The fourth-order valence-corrected chi connectivity index (χ4v) is 4.30. The van der Waals surface area contributed by atoms with Crippen LogP contribution in [-0.2, 0) is 4.79 Å². The number of H-pyrrole nitrogens is 1. The molecule has 0 saturated heterocycles. The maximum absolute atomic E-state index is 13.2. The van der Waals surface area contributed by atoms with Crippen LogP contribution in [0.25, 0.3) is 22.0 Å². The van der Waals surface area contributed by atoms with Crippen LogP contribution in [0.15, 0.2) is 66.9 Å². The van der Waals surface area contributed by atoms with E-state index < -0.39 is 6.04 Å². The number of nitrogens with one attached hydrogen (secondary N) is 2. The summed E-state index contributed by atoms with van der Waals surface area (Å²) in [4.78, 5) is 30.9. The molecule has 1 aliphatic rings. The Morgan fingerprint density at radius 1 is 1.06 bits per heavy atom. The van der Waals surface area contributed by atoms with Crippen LogP contribution in [0.5, 0.6) is 17.2 Å². The minimum absolute atomic E-state index is 0.0482. The number of carbonyl (C=O) groups is 2. The fraction of sp³-hybridized carbons (Fsp3) is 0.185. The van der Waals surface area contributed by atoms with Gasteiger partial charge in [-0.05, 0) is 42.5 Å². The molecule has 35 heavy (non-hydrogen) atoms. The molecule has 0 unspecified atom stereocenters. The number of anilines is 1. The number of para-hydroxylation sites is 2. The normalized spacial score (nSPS) is 15.2. The third-order valence-electron chi connectivity index (χ3n) is 6.21. The maximum Gasteiger partial charge on any atom is 0.252 e. The van der Waals surface area contributed by atoms with Crippen molar-refractivity contribution in [2.75, 3.05) is 32.8 Å². The molecule has 5 rings (SSSR count). The van der Waals surface area contributed by atoms with Crippen LogP contribution in [0.4, 0.5) is 5.69 Å². The van der Waals surface area contributed by atoms with E-state index in [-0.39, 0.29) is 18.4 Å². The zero-order valence-electron chi connectivity index (χ0n) is 19.6. The van der Waals surface area contributed by atoms with E-state index in [2.05, 4.69) is 10.3 Å². The first-order valence-electron chi connectivity index (χ1n) is 11.1. The lowest BCUT2D eigenvalue weighted by Gasteiger charge is -2.20. The lowest BCUT2D eigenvalue weighted by atomic mass is 10.0. The van der Waals surface area contributed by atoms with Crippen molar-refractivity contribution in [3.63, 3.8) is 0 Å². The zero-order chi connectivity index (χ0) is 24.5. The quantitative estimate of drug-likeness (QED) is 0.459. The first-order chi connectivity index (χ1) is 17.0. The van der Waals surface area contributed by atoms with Gasteiger partial charge in [-0.3, -0.25) is 9.59 Å². The van der Waals surface area contributed by atoms with E-state index in [0.29, 0.717) is 28.5 Å². The smallest absolute Gasteiger partial charge is 0.252 e. The largest absolute Gasteiger partial charge is 0.497 e. The van der Waals surface area contributed by atoms with Gasteiger partial charge in [-0.1, -0.05) is 12.1 Å². The van der Waals surface area contributed by atoms with Crippen molar-refractivity contribution in [2.45, 2.75) is 6.04 Å². The molecule has 0 saturated carbocycles. The number of aromatic amines is 1. The number of rotatable bonds is 5. The molecule has 2 amide bonds. The maximum atomic E-state index is 13.2. The summed E-state index contributed by atoms with van der Waals surface area (Å²) in [6.07, 6.45) is 1.88. The lowest BCUT2D eigenvalue weighted by Crippen LogP contribution is -2.49. The highest BCUT2D eigenvalue weighted by atomic mass is 16.5. The Kier molecular flexibility index (Phi) is 5.78. The number of benzene rings is 3. The number of aromatic nitrogens is 1. The third-order valence-corrected chi connectivity index (χ3v) is 6.21. The molecule has 178 valence electrons. The van der Waals surface area contributed by atoms with Crippen LogP contribution < -0.4 is 24.4 Å². The molecule has 0 fully saturated rings. The molecule has 1 aromatic heterocycles. The molecule has 2 N–H and O–H groups in total. The first-order valence-corrected chi connectivity index (χ1v) is 11.1.